The second-order valence-corrected chi connectivity index (χ2v) is 13.0. The molecule has 0 atom stereocenters. The molecule has 1 aliphatic rings. The normalized spacial score (nSPS) is 14.3. The third kappa shape index (κ3) is 8.16. The van der Waals surface area contributed by atoms with E-state index in [0.29, 0.717) is 6.61 Å². The number of hydrogen-bond donors (Lipinski definition) is 0. The summed E-state index contributed by atoms with van der Waals surface area (Å²) in [5.74, 6) is 4.72. The van der Waals surface area contributed by atoms with Crippen LogP contribution < -0.4 is 9.47 Å². The number of benzene rings is 2. The lowest BCUT2D eigenvalue weighted by molar-refractivity contribution is -0.139. The SMILES string of the molecule is COC(=O)Cc1cc(I)c(Oc2cc(I)c(OCCCN3CCSCC3)c(I)c2)c(I)c1. The van der Waals surface area contributed by atoms with Gasteiger partial charge < -0.3 is 19.1 Å². The second kappa shape index (κ2) is 13.7. The lowest BCUT2D eigenvalue weighted by atomic mass is 10.1. The monoisotopic (exact) mass is 905 g/mol. The Hall–Kier alpha value is 0.740. The third-order valence-electron chi connectivity index (χ3n) is 4.79. The van der Waals surface area contributed by atoms with Gasteiger partial charge in [-0.05, 0) is 127 Å². The van der Waals surface area contributed by atoms with Crippen LogP contribution in [-0.2, 0) is 16.0 Å². The summed E-state index contributed by atoms with van der Waals surface area (Å²) in [5, 5.41) is 0. The van der Waals surface area contributed by atoms with Crippen LogP contribution in [0.1, 0.15) is 12.0 Å². The van der Waals surface area contributed by atoms with Gasteiger partial charge in [-0.25, -0.2) is 0 Å². The lowest BCUT2D eigenvalue weighted by Gasteiger charge is -2.26. The molecule has 174 valence electrons. The Morgan fingerprint density at radius 3 is 2.16 bits per heavy atom. The number of rotatable bonds is 9. The number of halogens is 4. The van der Waals surface area contributed by atoms with Crippen molar-refractivity contribution in [1.82, 2.24) is 4.90 Å². The van der Waals surface area contributed by atoms with Crippen LogP contribution in [0.4, 0.5) is 0 Å². The quantitative estimate of drug-likeness (QED) is 0.165. The molecule has 0 amide bonds. The summed E-state index contributed by atoms with van der Waals surface area (Å²) in [4.78, 5) is 14.1. The Bertz CT molecular complexity index is 908. The molecule has 10 heteroatoms. The minimum absolute atomic E-state index is 0.250. The van der Waals surface area contributed by atoms with Gasteiger partial charge >= 0.3 is 5.97 Å². The van der Waals surface area contributed by atoms with Crippen LogP contribution in [0.2, 0.25) is 0 Å². The summed E-state index contributed by atoms with van der Waals surface area (Å²) in [7, 11) is 1.40. The summed E-state index contributed by atoms with van der Waals surface area (Å²) in [6.45, 7) is 4.19. The van der Waals surface area contributed by atoms with E-state index in [1.54, 1.807) is 0 Å². The van der Waals surface area contributed by atoms with Crippen molar-refractivity contribution in [3.8, 4) is 17.2 Å². The average Bonchev–Trinajstić information content (AvgIpc) is 2.76. The first kappa shape index (κ1) is 27.3. The molecule has 0 saturated carbocycles. The van der Waals surface area contributed by atoms with Gasteiger partial charge in [-0.3, -0.25) is 4.79 Å². The molecule has 0 bridgehead atoms. The fraction of sp³-hybridized carbons (Fsp3) is 0.409. The van der Waals surface area contributed by atoms with Crippen molar-refractivity contribution >= 4 is 108 Å². The van der Waals surface area contributed by atoms with Crippen LogP contribution in [-0.4, -0.2) is 55.7 Å². The van der Waals surface area contributed by atoms with E-state index in [4.69, 9.17) is 14.2 Å². The number of ether oxygens (including phenoxy) is 3. The van der Waals surface area contributed by atoms with Gasteiger partial charge in [0.05, 0.1) is 34.4 Å². The number of esters is 1. The Balaban J connectivity index is 1.62. The zero-order valence-corrected chi connectivity index (χ0v) is 26.9. The first-order chi connectivity index (χ1) is 15.4. The molecule has 0 aromatic heterocycles. The molecule has 2 aromatic rings. The van der Waals surface area contributed by atoms with Crippen LogP contribution in [0.5, 0.6) is 17.2 Å². The van der Waals surface area contributed by atoms with E-state index in [-0.39, 0.29) is 12.4 Å². The van der Waals surface area contributed by atoms with Gasteiger partial charge in [0, 0.05) is 31.1 Å². The maximum absolute atomic E-state index is 11.6. The van der Waals surface area contributed by atoms with Gasteiger partial charge in [-0.2, -0.15) is 11.8 Å². The molecule has 1 aliphatic heterocycles. The Morgan fingerprint density at radius 1 is 0.969 bits per heavy atom. The van der Waals surface area contributed by atoms with E-state index in [1.165, 1.54) is 31.7 Å². The molecule has 32 heavy (non-hydrogen) atoms. The highest BCUT2D eigenvalue weighted by molar-refractivity contribution is 14.1. The smallest absolute Gasteiger partial charge is 0.309 e. The largest absolute Gasteiger partial charge is 0.491 e. The maximum atomic E-state index is 11.6. The zero-order valence-electron chi connectivity index (χ0n) is 17.5. The van der Waals surface area contributed by atoms with Crippen LogP contribution in [0.25, 0.3) is 0 Å². The highest BCUT2D eigenvalue weighted by Crippen LogP contribution is 2.37. The topological polar surface area (TPSA) is 48.0 Å². The number of carbonyl (C=O) groups is 1. The minimum Gasteiger partial charge on any atom is -0.491 e. The van der Waals surface area contributed by atoms with Crippen LogP contribution >= 0.6 is 102 Å². The average molecular weight is 905 g/mol. The lowest BCUT2D eigenvalue weighted by Crippen LogP contribution is -2.33. The molecular formula is C22H23I4NO4S. The standard InChI is InChI=1S/C22H23I4NO4S/c1-29-20(28)11-14-9-16(23)22(17(24)10-14)31-15-12-18(25)21(19(26)13-15)30-6-2-3-27-4-7-32-8-5-27/h9-10,12-13H,2-8,11H2,1H3. The highest BCUT2D eigenvalue weighted by atomic mass is 127. The molecule has 0 aliphatic carbocycles. The minimum atomic E-state index is -0.250. The zero-order chi connectivity index (χ0) is 23.1. The van der Waals surface area contributed by atoms with E-state index < -0.39 is 0 Å². The van der Waals surface area contributed by atoms with Gasteiger partial charge in [0.2, 0.25) is 0 Å². The van der Waals surface area contributed by atoms with Crippen molar-refractivity contribution < 1.29 is 19.0 Å². The van der Waals surface area contributed by atoms with Gasteiger partial charge in [0.25, 0.3) is 0 Å². The third-order valence-corrected chi connectivity index (χ3v) is 8.94. The second-order valence-electron chi connectivity index (χ2n) is 7.12. The predicted molar refractivity (Wildman–Crippen MR) is 163 cm³/mol. The summed E-state index contributed by atoms with van der Waals surface area (Å²) in [6, 6.07) is 7.94. The van der Waals surface area contributed by atoms with Crippen LogP contribution in [0.15, 0.2) is 24.3 Å². The van der Waals surface area contributed by atoms with Crippen LogP contribution in [0, 0.1) is 14.3 Å². The van der Waals surface area contributed by atoms with E-state index in [0.717, 1.165) is 50.1 Å². The van der Waals surface area contributed by atoms with Crippen molar-refractivity contribution in [1.29, 1.82) is 0 Å². The van der Waals surface area contributed by atoms with Crippen molar-refractivity contribution in [3.05, 3.63) is 44.1 Å². The first-order valence-corrected chi connectivity index (χ1v) is 15.5. The molecule has 1 fully saturated rings. The number of thioether (sulfide) groups is 1. The van der Waals surface area contributed by atoms with Gasteiger partial charge in [-0.1, -0.05) is 0 Å². The van der Waals surface area contributed by atoms with E-state index in [9.17, 15) is 4.79 Å². The van der Waals surface area contributed by atoms with Gasteiger partial charge in [-0.15, -0.1) is 0 Å². The van der Waals surface area contributed by atoms with E-state index >= 15 is 0 Å². The fourth-order valence-corrected chi connectivity index (χ4v) is 8.31. The van der Waals surface area contributed by atoms with E-state index in [2.05, 4.69) is 95.3 Å². The molecule has 1 heterocycles. The number of methoxy groups -OCH3 is 1. The summed E-state index contributed by atoms with van der Waals surface area (Å²) in [6.07, 6.45) is 1.28. The predicted octanol–water partition coefficient (Wildman–Crippen LogP) is 6.43. The highest BCUT2D eigenvalue weighted by Gasteiger charge is 2.16. The Kier molecular flexibility index (Phi) is 11.7. The number of hydrogen-bond acceptors (Lipinski definition) is 6. The van der Waals surface area contributed by atoms with Crippen molar-refractivity contribution in [2.45, 2.75) is 12.8 Å². The number of nitrogens with zero attached hydrogens (tertiary/aromatic N) is 1. The molecule has 1 saturated heterocycles. The maximum Gasteiger partial charge on any atom is 0.309 e. The van der Waals surface area contributed by atoms with Crippen molar-refractivity contribution in [2.75, 3.05) is 44.9 Å². The molecule has 0 spiro atoms. The van der Waals surface area contributed by atoms with Crippen molar-refractivity contribution in [3.63, 3.8) is 0 Å². The fourth-order valence-electron chi connectivity index (χ4n) is 3.19. The molecular weight excluding hydrogens is 882 g/mol. The molecule has 0 radical (unpaired) electrons. The Labute approximate surface area is 248 Å². The molecule has 5 nitrogen and oxygen atoms in total. The first-order valence-electron chi connectivity index (χ1n) is 10.0. The summed E-state index contributed by atoms with van der Waals surface area (Å²) < 4.78 is 21.1. The van der Waals surface area contributed by atoms with Crippen molar-refractivity contribution in [2.24, 2.45) is 0 Å². The molecule has 0 unspecified atom stereocenters. The van der Waals surface area contributed by atoms with Crippen LogP contribution in [0.3, 0.4) is 0 Å². The molecule has 2 aromatic carbocycles. The Morgan fingerprint density at radius 2 is 1.56 bits per heavy atom. The molecule has 3 rings (SSSR count). The molecule has 0 N–H and O–H groups in total. The van der Waals surface area contributed by atoms with Gasteiger partial charge in [0.15, 0.2) is 5.75 Å². The summed E-state index contributed by atoms with van der Waals surface area (Å²) >= 11 is 11.2. The summed E-state index contributed by atoms with van der Waals surface area (Å²) in [5.41, 5.74) is 0.911. The van der Waals surface area contributed by atoms with Gasteiger partial charge in [0.1, 0.15) is 11.5 Å². The van der Waals surface area contributed by atoms with E-state index in [1.807, 2.05) is 36.0 Å². The number of carbonyl (C=O) groups excluding carboxylic acids is 1.